The maximum atomic E-state index is 13.1. The van der Waals surface area contributed by atoms with Crippen molar-refractivity contribution in [2.45, 2.75) is 6.42 Å². The summed E-state index contributed by atoms with van der Waals surface area (Å²) < 4.78 is 19.8. The minimum Gasteiger partial charge on any atom is -0.451 e. The first-order valence-corrected chi connectivity index (χ1v) is 9.38. The molecule has 0 spiro atoms. The van der Waals surface area contributed by atoms with Crippen molar-refractivity contribution in [3.8, 4) is 0 Å². The van der Waals surface area contributed by atoms with Gasteiger partial charge in [0.15, 0.2) is 5.76 Å². The number of nitrogens with zero attached hydrogens (tertiary/aromatic N) is 2. The van der Waals surface area contributed by atoms with Gasteiger partial charge >= 0.3 is 0 Å². The Balaban J connectivity index is 1.49. The molecule has 1 aliphatic rings. The minimum atomic E-state index is -0.239. The number of rotatable bonds is 2. The highest BCUT2D eigenvalue weighted by Crippen LogP contribution is 2.25. The molecule has 1 saturated heterocycles. The molecule has 4 nitrogen and oxygen atoms in total. The lowest BCUT2D eigenvalue weighted by molar-refractivity contribution is 0.0737. The van der Waals surface area contributed by atoms with E-state index in [1.165, 1.54) is 12.1 Å². The normalized spacial score (nSPS) is 15.3. The zero-order valence-electron chi connectivity index (χ0n) is 14.1. The van der Waals surface area contributed by atoms with Gasteiger partial charge in [-0.3, -0.25) is 4.79 Å². The molecule has 0 radical (unpaired) electrons. The van der Waals surface area contributed by atoms with Crippen LogP contribution in [0.4, 0.5) is 10.1 Å². The number of furan rings is 1. The second-order valence-corrected chi connectivity index (χ2v) is 7.32. The highest BCUT2D eigenvalue weighted by molar-refractivity contribution is 9.10. The van der Waals surface area contributed by atoms with Crippen molar-refractivity contribution in [3.05, 3.63) is 64.6 Å². The lowest BCUT2D eigenvalue weighted by Gasteiger charge is -2.23. The van der Waals surface area contributed by atoms with Gasteiger partial charge in [0.2, 0.25) is 0 Å². The van der Waals surface area contributed by atoms with Gasteiger partial charge < -0.3 is 14.2 Å². The van der Waals surface area contributed by atoms with Gasteiger partial charge in [-0.2, -0.15) is 0 Å². The molecular weight excluding hydrogens is 399 g/mol. The smallest absolute Gasteiger partial charge is 0.289 e. The van der Waals surface area contributed by atoms with Crippen LogP contribution in [-0.4, -0.2) is 37.0 Å². The lowest BCUT2D eigenvalue weighted by Crippen LogP contribution is -2.35. The molecule has 0 bridgehead atoms. The van der Waals surface area contributed by atoms with Crippen molar-refractivity contribution in [2.75, 3.05) is 31.1 Å². The quantitative estimate of drug-likeness (QED) is 0.607. The maximum absolute atomic E-state index is 13.1. The van der Waals surface area contributed by atoms with Gasteiger partial charge in [0.05, 0.1) is 0 Å². The molecule has 1 amide bonds. The summed E-state index contributed by atoms with van der Waals surface area (Å²) in [5, 5.41) is 0.908. The fraction of sp³-hybridized carbons (Fsp3) is 0.250. The van der Waals surface area contributed by atoms with Crippen LogP contribution in [0.25, 0.3) is 11.0 Å². The summed E-state index contributed by atoms with van der Waals surface area (Å²) in [6.45, 7) is 2.83. The molecule has 0 unspecified atom stereocenters. The largest absolute Gasteiger partial charge is 0.451 e. The van der Waals surface area contributed by atoms with E-state index in [2.05, 4.69) is 20.8 Å². The second kappa shape index (κ2) is 7.11. The summed E-state index contributed by atoms with van der Waals surface area (Å²) in [5.41, 5.74) is 1.69. The van der Waals surface area contributed by atoms with Crippen LogP contribution < -0.4 is 4.90 Å². The third-order valence-corrected chi connectivity index (χ3v) is 5.16. The summed E-state index contributed by atoms with van der Waals surface area (Å²) >= 11 is 3.43. The first-order valence-electron chi connectivity index (χ1n) is 8.59. The van der Waals surface area contributed by atoms with E-state index in [0.717, 1.165) is 28.5 Å². The number of hydrogen-bond donors (Lipinski definition) is 0. The van der Waals surface area contributed by atoms with Crippen molar-refractivity contribution in [2.24, 2.45) is 0 Å². The van der Waals surface area contributed by atoms with Gasteiger partial charge in [-0.05, 0) is 55.0 Å². The van der Waals surface area contributed by atoms with Gasteiger partial charge in [-0.15, -0.1) is 0 Å². The van der Waals surface area contributed by atoms with Crippen molar-refractivity contribution in [1.29, 1.82) is 0 Å². The van der Waals surface area contributed by atoms with E-state index >= 15 is 0 Å². The fourth-order valence-electron chi connectivity index (χ4n) is 3.31. The van der Waals surface area contributed by atoms with Gasteiger partial charge in [0.25, 0.3) is 5.91 Å². The monoisotopic (exact) mass is 416 g/mol. The number of amides is 1. The summed E-state index contributed by atoms with van der Waals surface area (Å²) in [7, 11) is 0. The fourth-order valence-corrected chi connectivity index (χ4v) is 3.68. The van der Waals surface area contributed by atoms with Crippen molar-refractivity contribution in [3.63, 3.8) is 0 Å². The van der Waals surface area contributed by atoms with E-state index in [-0.39, 0.29) is 11.7 Å². The Morgan fingerprint density at radius 2 is 1.81 bits per heavy atom. The number of carbonyl (C=O) groups is 1. The Morgan fingerprint density at radius 1 is 1.00 bits per heavy atom. The molecule has 6 heteroatoms. The Kier molecular flexibility index (Phi) is 4.68. The highest BCUT2D eigenvalue weighted by atomic mass is 79.9. The first-order chi connectivity index (χ1) is 12.6. The van der Waals surface area contributed by atoms with Crippen LogP contribution in [0.15, 0.2) is 57.4 Å². The Hall–Kier alpha value is -2.34. The summed E-state index contributed by atoms with van der Waals surface area (Å²) in [5.74, 6) is 0.0449. The third kappa shape index (κ3) is 3.46. The average Bonchev–Trinajstić information content (AvgIpc) is 2.90. The number of benzene rings is 2. The van der Waals surface area contributed by atoms with Crippen LogP contribution in [0.5, 0.6) is 0 Å². The Bertz CT molecular complexity index is 939. The van der Waals surface area contributed by atoms with Crippen molar-refractivity contribution in [1.82, 2.24) is 4.90 Å². The van der Waals surface area contributed by atoms with E-state index in [1.54, 1.807) is 18.2 Å². The molecule has 0 aliphatic carbocycles. The summed E-state index contributed by atoms with van der Waals surface area (Å²) in [6, 6.07) is 14.0. The standard InChI is InChI=1S/C20H18BrFN2O2/c21-15-2-7-18-14(12-15)13-19(26-18)20(25)24-9-1-8-23(10-11-24)17-5-3-16(22)4-6-17/h2-7,12-13H,1,8-11H2. The molecule has 2 aromatic carbocycles. The number of fused-ring (bicyclic) bond motifs is 1. The second-order valence-electron chi connectivity index (χ2n) is 6.40. The molecule has 0 saturated carbocycles. The lowest BCUT2D eigenvalue weighted by atomic mass is 10.2. The maximum Gasteiger partial charge on any atom is 0.289 e. The number of halogens is 2. The van der Waals surface area contributed by atoms with E-state index < -0.39 is 0 Å². The van der Waals surface area contributed by atoms with Crippen LogP contribution in [0.2, 0.25) is 0 Å². The van der Waals surface area contributed by atoms with Gasteiger partial charge in [-0.25, -0.2) is 4.39 Å². The van der Waals surface area contributed by atoms with E-state index in [4.69, 9.17) is 4.42 Å². The number of hydrogen-bond acceptors (Lipinski definition) is 3. The Morgan fingerprint density at radius 3 is 2.62 bits per heavy atom. The SMILES string of the molecule is O=C(c1cc2cc(Br)ccc2o1)N1CCCN(c2ccc(F)cc2)CC1. The number of carbonyl (C=O) groups excluding carboxylic acids is 1. The average molecular weight is 417 g/mol. The molecule has 0 N–H and O–H groups in total. The molecule has 4 rings (SSSR count). The van der Waals surface area contributed by atoms with Gasteiger partial charge in [-0.1, -0.05) is 15.9 Å². The molecular formula is C20H18BrFN2O2. The van der Waals surface area contributed by atoms with E-state index in [1.807, 2.05) is 23.1 Å². The summed E-state index contributed by atoms with van der Waals surface area (Å²) in [6.07, 6.45) is 0.856. The Labute approximate surface area is 159 Å². The van der Waals surface area contributed by atoms with Gasteiger partial charge in [0.1, 0.15) is 11.4 Å². The number of anilines is 1. The van der Waals surface area contributed by atoms with Gasteiger partial charge in [0, 0.05) is 41.7 Å². The van der Waals surface area contributed by atoms with Crippen molar-refractivity contribution < 1.29 is 13.6 Å². The predicted molar refractivity (Wildman–Crippen MR) is 103 cm³/mol. The molecule has 2 heterocycles. The first kappa shape index (κ1) is 17.1. The molecule has 1 aliphatic heterocycles. The third-order valence-electron chi connectivity index (χ3n) is 4.66. The molecule has 3 aromatic rings. The molecule has 1 aromatic heterocycles. The highest BCUT2D eigenvalue weighted by Gasteiger charge is 2.23. The summed E-state index contributed by atoms with van der Waals surface area (Å²) in [4.78, 5) is 16.9. The molecule has 26 heavy (non-hydrogen) atoms. The predicted octanol–water partition coefficient (Wildman–Crippen LogP) is 4.69. The van der Waals surface area contributed by atoms with Crippen LogP contribution in [-0.2, 0) is 0 Å². The minimum absolute atomic E-state index is 0.0849. The van der Waals surface area contributed by atoms with Crippen LogP contribution in [0, 0.1) is 5.82 Å². The van der Waals surface area contributed by atoms with E-state index in [9.17, 15) is 9.18 Å². The van der Waals surface area contributed by atoms with Crippen LogP contribution in [0.3, 0.4) is 0 Å². The molecule has 0 atom stereocenters. The topological polar surface area (TPSA) is 36.7 Å². The van der Waals surface area contributed by atoms with Crippen molar-refractivity contribution >= 4 is 38.5 Å². The van der Waals surface area contributed by atoms with Crippen LogP contribution >= 0.6 is 15.9 Å². The van der Waals surface area contributed by atoms with Crippen LogP contribution in [0.1, 0.15) is 17.0 Å². The zero-order valence-corrected chi connectivity index (χ0v) is 15.7. The molecule has 1 fully saturated rings. The zero-order chi connectivity index (χ0) is 18.1. The van der Waals surface area contributed by atoms with E-state index in [0.29, 0.717) is 31.0 Å². The molecule has 134 valence electrons.